The zero-order valence-corrected chi connectivity index (χ0v) is 15.5. The van der Waals surface area contributed by atoms with Gasteiger partial charge < -0.3 is 14.6 Å². The molecule has 0 aromatic heterocycles. The van der Waals surface area contributed by atoms with Gasteiger partial charge in [-0.1, -0.05) is 18.2 Å². The van der Waals surface area contributed by atoms with E-state index in [4.69, 9.17) is 9.47 Å². The van der Waals surface area contributed by atoms with Gasteiger partial charge in [-0.3, -0.25) is 29.8 Å². The highest BCUT2D eigenvalue weighted by molar-refractivity contribution is 5.99. The highest BCUT2D eigenvalue weighted by Crippen LogP contribution is 2.39. The Morgan fingerprint density at radius 3 is 2.14 bits per heavy atom. The summed E-state index contributed by atoms with van der Waals surface area (Å²) in [6.45, 7) is 3.63. The van der Waals surface area contributed by atoms with Crippen molar-refractivity contribution in [2.24, 2.45) is 5.92 Å². The molecule has 152 valence electrons. The number of aliphatic hydroxyl groups excluding tert-OH is 1. The molecule has 1 aromatic rings. The number of esters is 1. The van der Waals surface area contributed by atoms with E-state index in [9.17, 15) is 34.9 Å². The molecule has 1 N–H and O–H groups in total. The highest BCUT2D eigenvalue weighted by Gasteiger charge is 2.47. The summed E-state index contributed by atoms with van der Waals surface area (Å²) in [7, 11) is 0. The maximum Gasteiger partial charge on any atom is 0.354 e. The van der Waals surface area contributed by atoms with Gasteiger partial charge in [0.1, 0.15) is 17.6 Å². The molecule has 0 radical (unpaired) electrons. The number of Topliss-reactive ketones (excluding diaryl/α,β-unsaturated/α-hetero) is 1. The number of nitrogens with zero attached hydrogens (tertiary/aromatic N) is 2. The van der Waals surface area contributed by atoms with Crippen LogP contribution in [0, 0.1) is 26.1 Å². The number of benzene rings is 1. The van der Waals surface area contributed by atoms with E-state index in [0.29, 0.717) is 0 Å². The first kappa shape index (κ1) is 22.5. The van der Waals surface area contributed by atoms with Crippen LogP contribution in [0.3, 0.4) is 0 Å². The van der Waals surface area contributed by atoms with E-state index in [1.54, 1.807) is 0 Å². The molecule has 1 rings (SSSR count). The Labute approximate surface area is 159 Å². The van der Waals surface area contributed by atoms with Crippen molar-refractivity contribution in [3.05, 3.63) is 61.7 Å². The number of carbonyl (C=O) groups is 2. The molecule has 0 aliphatic rings. The van der Waals surface area contributed by atoms with Crippen molar-refractivity contribution < 1.29 is 34.0 Å². The standard InChI is InChI=1S/C17H20N2O9/c1-4-27-16(21)13(10(3)20)14(15(19(25)26)17(22)28-5-2)11-8-6-7-9-12(11)18(23)24/h6-9,13-14,22H,4-5H2,1-3H3. The molecular formula is C17H20N2O9. The SMILES string of the molecule is CCOC(=O)C(C(C)=O)C(C(=C(O)OCC)[N+](=O)[O-])c1ccccc1[N+](=O)[O-]. The monoisotopic (exact) mass is 396 g/mol. The summed E-state index contributed by atoms with van der Waals surface area (Å²) in [5.41, 5.74) is -1.92. The first-order valence-electron chi connectivity index (χ1n) is 8.27. The summed E-state index contributed by atoms with van der Waals surface area (Å²) in [6.07, 6.45) is 0. The van der Waals surface area contributed by atoms with Crippen LogP contribution < -0.4 is 0 Å². The van der Waals surface area contributed by atoms with E-state index in [0.717, 1.165) is 13.0 Å². The Morgan fingerprint density at radius 1 is 1.11 bits per heavy atom. The minimum absolute atomic E-state index is 0.124. The molecule has 1 aromatic carbocycles. The van der Waals surface area contributed by atoms with Gasteiger partial charge in [0.25, 0.3) is 5.69 Å². The van der Waals surface area contributed by atoms with Gasteiger partial charge >= 0.3 is 17.6 Å². The molecule has 0 aliphatic carbocycles. The van der Waals surface area contributed by atoms with Crippen molar-refractivity contribution in [2.75, 3.05) is 13.2 Å². The van der Waals surface area contributed by atoms with E-state index in [1.165, 1.54) is 32.0 Å². The van der Waals surface area contributed by atoms with Gasteiger partial charge in [-0.2, -0.15) is 0 Å². The number of nitro benzene ring substituents is 1. The van der Waals surface area contributed by atoms with E-state index in [2.05, 4.69) is 0 Å². The van der Waals surface area contributed by atoms with Gasteiger partial charge in [-0.15, -0.1) is 0 Å². The molecule has 0 aliphatic heterocycles. The molecule has 0 amide bonds. The molecule has 11 nitrogen and oxygen atoms in total. The number of nitro groups is 2. The minimum atomic E-state index is -1.81. The normalized spacial score (nSPS) is 13.7. The van der Waals surface area contributed by atoms with Crippen LogP contribution in [0.2, 0.25) is 0 Å². The van der Waals surface area contributed by atoms with Crippen LogP contribution in [0.1, 0.15) is 32.3 Å². The van der Waals surface area contributed by atoms with Gasteiger partial charge in [0.05, 0.1) is 23.1 Å². The van der Waals surface area contributed by atoms with Crippen LogP contribution in [0.15, 0.2) is 35.9 Å². The van der Waals surface area contributed by atoms with Gasteiger partial charge in [-0.25, -0.2) is 0 Å². The number of rotatable bonds is 10. The minimum Gasteiger partial charge on any atom is -0.476 e. The van der Waals surface area contributed by atoms with Crippen molar-refractivity contribution in [1.82, 2.24) is 0 Å². The summed E-state index contributed by atoms with van der Waals surface area (Å²) < 4.78 is 9.64. The molecule has 0 bridgehead atoms. The third-order valence-corrected chi connectivity index (χ3v) is 3.77. The highest BCUT2D eigenvalue weighted by atomic mass is 16.6. The molecule has 0 saturated heterocycles. The molecule has 0 heterocycles. The fraction of sp³-hybridized carbons (Fsp3) is 0.412. The second-order valence-electron chi connectivity index (χ2n) is 5.51. The van der Waals surface area contributed by atoms with Crippen LogP contribution in [0.5, 0.6) is 0 Å². The molecule has 0 spiro atoms. The third kappa shape index (κ3) is 5.02. The fourth-order valence-electron chi connectivity index (χ4n) is 2.71. The molecule has 28 heavy (non-hydrogen) atoms. The Morgan fingerprint density at radius 2 is 1.68 bits per heavy atom. The van der Waals surface area contributed by atoms with Crippen molar-refractivity contribution in [3.63, 3.8) is 0 Å². The molecule has 2 unspecified atom stereocenters. The second-order valence-corrected chi connectivity index (χ2v) is 5.51. The van der Waals surface area contributed by atoms with E-state index in [1.807, 2.05) is 0 Å². The van der Waals surface area contributed by atoms with Crippen molar-refractivity contribution in [3.8, 4) is 0 Å². The Hall–Kier alpha value is -3.50. The number of para-hydroxylation sites is 1. The van der Waals surface area contributed by atoms with E-state index in [-0.39, 0.29) is 18.8 Å². The number of allylic oxidation sites excluding steroid dienone is 1. The molecule has 0 saturated carbocycles. The predicted octanol–water partition coefficient (Wildman–Crippen LogP) is 2.49. The Balaban J connectivity index is 3.89. The predicted molar refractivity (Wildman–Crippen MR) is 94.9 cm³/mol. The summed E-state index contributed by atoms with van der Waals surface area (Å²) in [5, 5.41) is 33.2. The molecule has 0 fully saturated rings. The zero-order chi connectivity index (χ0) is 21.4. The first-order chi connectivity index (χ1) is 13.2. The maximum absolute atomic E-state index is 12.4. The van der Waals surface area contributed by atoms with Crippen LogP contribution in [0.4, 0.5) is 5.69 Å². The first-order valence-corrected chi connectivity index (χ1v) is 8.27. The molecular weight excluding hydrogens is 376 g/mol. The number of aliphatic hydroxyl groups is 1. The smallest absolute Gasteiger partial charge is 0.354 e. The lowest BCUT2D eigenvalue weighted by Gasteiger charge is -2.22. The number of hydrogen-bond acceptors (Lipinski definition) is 9. The summed E-state index contributed by atoms with van der Waals surface area (Å²) in [6, 6.07) is 4.91. The van der Waals surface area contributed by atoms with Crippen LogP contribution in [-0.4, -0.2) is 39.9 Å². The summed E-state index contributed by atoms with van der Waals surface area (Å²) >= 11 is 0. The molecule has 2 atom stereocenters. The van der Waals surface area contributed by atoms with E-state index >= 15 is 0 Å². The van der Waals surface area contributed by atoms with Gasteiger partial charge in [0.2, 0.25) is 0 Å². The maximum atomic E-state index is 12.4. The number of ketones is 1. The summed E-state index contributed by atoms with van der Waals surface area (Å²) in [5.74, 6) is -6.69. The second kappa shape index (κ2) is 10.00. The van der Waals surface area contributed by atoms with Gasteiger partial charge in [0.15, 0.2) is 0 Å². The van der Waals surface area contributed by atoms with Crippen LogP contribution >= 0.6 is 0 Å². The largest absolute Gasteiger partial charge is 0.476 e. The topological polar surface area (TPSA) is 159 Å². The fourth-order valence-corrected chi connectivity index (χ4v) is 2.71. The van der Waals surface area contributed by atoms with Crippen molar-refractivity contribution >= 4 is 17.4 Å². The van der Waals surface area contributed by atoms with Crippen molar-refractivity contribution in [1.29, 1.82) is 0 Å². The quantitative estimate of drug-likeness (QED) is 0.206. The van der Waals surface area contributed by atoms with Crippen LogP contribution in [-0.2, 0) is 19.1 Å². The van der Waals surface area contributed by atoms with Crippen LogP contribution in [0.25, 0.3) is 0 Å². The Bertz CT molecular complexity index is 804. The van der Waals surface area contributed by atoms with E-state index < -0.39 is 50.8 Å². The lowest BCUT2D eigenvalue weighted by atomic mass is 9.80. The van der Waals surface area contributed by atoms with Gasteiger partial charge in [0, 0.05) is 11.6 Å². The average molecular weight is 396 g/mol. The Kier molecular flexibility index (Phi) is 8.05. The summed E-state index contributed by atoms with van der Waals surface area (Å²) in [4.78, 5) is 45.9. The number of hydrogen-bond donors (Lipinski definition) is 1. The lowest BCUT2D eigenvalue weighted by Crippen LogP contribution is -2.34. The lowest BCUT2D eigenvalue weighted by molar-refractivity contribution is -0.437. The number of carbonyl (C=O) groups excluding carboxylic acids is 2. The van der Waals surface area contributed by atoms with Gasteiger partial charge in [-0.05, 0) is 20.8 Å². The van der Waals surface area contributed by atoms with Crippen molar-refractivity contribution in [2.45, 2.75) is 26.7 Å². The molecule has 11 heteroatoms. The average Bonchev–Trinajstić information content (AvgIpc) is 2.60. The number of ether oxygens (including phenoxy) is 2. The third-order valence-electron chi connectivity index (χ3n) is 3.77. The zero-order valence-electron chi connectivity index (χ0n) is 15.5.